The molecule has 162 valence electrons. The Morgan fingerprint density at radius 3 is 2.47 bits per heavy atom. The van der Waals surface area contributed by atoms with E-state index in [1.54, 1.807) is 16.8 Å². The van der Waals surface area contributed by atoms with Crippen LogP contribution in [0.3, 0.4) is 0 Å². The quantitative estimate of drug-likeness (QED) is 0.462. The smallest absolute Gasteiger partial charge is 0.336 e. The zero-order valence-electron chi connectivity index (χ0n) is 17.4. The van der Waals surface area contributed by atoms with E-state index in [9.17, 15) is 14.3 Å². The minimum atomic E-state index is -0.849. The number of aromatic nitrogens is 3. The van der Waals surface area contributed by atoms with E-state index in [2.05, 4.69) is 10.3 Å². The van der Waals surface area contributed by atoms with Crippen LogP contribution in [0.25, 0.3) is 22.1 Å². The van der Waals surface area contributed by atoms with Crippen LogP contribution >= 0.6 is 0 Å². The Bertz CT molecular complexity index is 1360. The fraction of sp³-hybridized carbons (Fsp3) is 0.320. The molecule has 32 heavy (non-hydrogen) atoms. The molecule has 6 nitrogen and oxygen atoms in total. The van der Waals surface area contributed by atoms with Crippen LogP contribution in [0.2, 0.25) is 0 Å². The Hall–Kier alpha value is -3.32. The van der Waals surface area contributed by atoms with E-state index < -0.39 is 11.2 Å². The zero-order valence-corrected chi connectivity index (χ0v) is 17.4. The average molecular weight is 431 g/mol. The van der Waals surface area contributed by atoms with E-state index in [4.69, 9.17) is 4.42 Å². The van der Waals surface area contributed by atoms with Crippen molar-refractivity contribution < 1.29 is 13.9 Å². The van der Waals surface area contributed by atoms with Crippen LogP contribution in [0.1, 0.15) is 36.9 Å². The molecule has 1 N–H and O–H groups in total. The molecule has 2 aromatic heterocycles. The maximum absolute atomic E-state index is 13.3. The van der Waals surface area contributed by atoms with Crippen molar-refractivity contribution in [2.45, 2.75) is 37.8 Å². The number of aliphatic hydroxyl groups is 1. The van der Waals surface area contributed by atoms with Gasteiger partial charge in [-0.2, -0.15) is 0 Å². The number of hydrogen-bond acceptors (Lipinski definition) is 5. The Labute approximate surface area is 183 Å². The van der Waals surface area contributed by atoms with E-state index in [0.717, 1.165) is 42.2 Å². The zero-order chi connectivity index (χ0) is 21.9. The number of hydrogen-bond donors (Lipinski definition) is 1. The van der Waals surface area contributed by atoms with Crippen LogP contribution in [-0.4, -0.2) is 20.1 Å². The van der Waals surface area contributed by atoms with Gasteiger partial charge in [-0.1, -0.05) is 29.5 Å². The van der Waals surface area contributed by atoms with Gasteiger partial charge in [-0.05, 0) is 72.4 Å². The molecule has 2 saturated carbocycles. The normalized spacial score (nSPS) is 16.6. The predicted molar refractivity (Wildman–Crippen MR) is 116 cm³/mol. The third-order valence-electron chi connectivity index (χ3n) is 6.66. The van der Waals surface area contributed by atoms with Crippen molar-refractivity contribution >= 4 is 11.0 Å². The fourth-order valence-electron chi connectivity index (χ4n) is 4.72. The SMILES string of the molecule is O=c1cc(-c2ccc(F)cc2)c2ccc(Cn3cc(C(O)(C4CC4)C4CC4)nn3)cc2o1. The molecule has 0 amide bonds. The van der Waals surface area contributed by atoms with Gasteiger partial charge in [0, 0.05) is 11.5 Å². The van der Waals surface area contributed by atoms with Crippen molar-refractivity contribution in [1.82, 2.24) is 15.0 Å². The maximum Gasteiger partial charge on any atom is 0.336 e. The highest BCUT2D eigenvalue weighted by atomic mass is 19.1. The standard InChI is InChI=1S/C25H22FN3O3/c26-19-8-2-16(3-9-19)21-12-24(30)32-22-11-15(1-10-20(21)22)13-29-14-23(27-28-29)25(31,17-4-5-17)18-6-7-18/h1-3,8-12,14,17-18,31H,4-7,13H2. The summed E-state index contributed by atoms with van der Waals surface area (Å²) in [5, 5.41) is 20.6. The maximum atomic E-state index is 13.3. The molecule has 0 radical (unpaired) electrons. The van der Waals surface area contributed by atoms with E-state index >= 15 is 0 Å². The van der Waals surface area contributed by atoms with E-state index in [-0.39, 0.29) is 5.82 Å². The van der Waals surface area contributed by atoms with Gasteiger partial charge in [-0.3, -0.25) is 0 Å². The second-order valence-electron chi connectivity index (χ2n) is 8.99. The van der Waals surface area contributed by atoms with Crippen LogP contribution in [-0.2, 0) is 12.1 Å². The van der Waals surface area contributed by atoms with Crippen molar-refractivity contribution in [1.29, 1.82) is 0 Å². The van der Waals surface area contributed by atoms with Gasteiger partial charge >= 0.3 is 5.63 Å². The van der Waals surface area contributed by atoms with E-state index in [1.807, 2.05) is 24.4 Å². The van der Waals surface area contributed by atoms with Gasteiger partial charge in [0.25, 0.3) is 0 Å². The van der Waals surface area contributed by atoms with Crippen molar-refractivity contribution in [2.75, 3.05) is 0 Å². The lowest BCUT2D eigenvalue weighted by Gasteiger charge is -2.25. The number of rotatable bonds is 6. The first-order valence-electron chi connectivity index (χ1n) is 11.0. The van der Waals surface area contributed by atoms with Crippen LogP contribution in [0, 0.1) is 17.7 Å². The minimum absolute atomic E-state index is 0.292. The third kappa shape index (κ3) is 3.33. The summed E-state index contributed by atoms with van der Waals surface area (Å²) in [6.07, 6.45) is 6.01. The van der Waals surface area contributed by atoms with E-state index in [1.165, 1.54) is 18.2 Å². The number of nitrogens with zero attached hydrogens (tertiary/aromatic N) is 3. The molecule has 2 fully saturated rings. The van der Waals surface area contributed by atoms with Crippen molar-refractivity contribution in [3.05, 3.63) is 82.2 Å². The molecule has 4 aromatic rings. The first-order chi connectivity index (χ1) is 15.5. The summed E-state index contributed by atoms with van der Waals surface area (Å²) in [6.45, 7) is 0.443. The largest absolute Gasteiger partial charge is 0.423 e. The Morgan fingerprint density at radius 2 is 1.78 bits per heavy atom. The molecule has 0 atom stereocenters. The summed E-state index contributed by atoms with van der Waals surface area (Å²) in [7, 11) is 0. The first-order valence-corrected chi connectivity index (χ1v) is 11.0. The van der Waals surface area contributed by atoms with Crippen molar-refractivity contribution in [2.24, 2.45) is 11.8 Å². The van der Waals surface area contributed by atoms with Crippen molar-refractivity contribution in [3.8, 4) is 11.1 Å². The van der Waals surface area contributed by atoms with Gasteiger partial charge in [0.05, 0.1) is 12.7 Å². The lowest BCUT2D eigenvalue weighted by atomic mass is 9.89. The fourth-order valence-corrected chi connectivity index (χ4v) is 4.72. The highest BCUT2D eigenvalue weighted by Crippen LogP contribution is 2.56. The molecular formula is C25H22FN3O3. The molecule has 2 aliphatic carbocycles. The second kappa shape index (κ2) is 7.10. The molecule has 2 aliphatic rings. The summed E-state index contributed by atoms with van der Waals surface area (Å²) in [5.41, 5.74) is 2.15. The van der Waals surface area contributed by atoms with Gasteiger partial charge in [-0.15, -0.1) is 5.10 Å². The Kier molecular flexibility index (Phi) is 4.30. The lowest BCUT2D eigenvalue weighted by molar-refractivity contribution is -0.0144. The lowest BCUT2D eigenvalue weighted by Crippen LogP contribution is -2.31. The predicted octanol–water partition coefficient (Wildman–Crippen LogP) is 4.25. The Morgan fingerprint density at radius 1 is 1.06 bits per heavy atom. The average Bonchev–Trinajstić information content (AvgIpc) is 3.71. The molecule has 6 rings (SSSR count). The molecule has 7 heteroatoms. The highest BCUT2D eigenvalue weighted by molar-refractivity contribution is 5.93. The third-order valence-corrected chi connectivity index (χ3v) is 6.66. The van der Waals surface area contributed by atoms with Gasteiger partial charge < -0.3 is 9.52 Å². The van der Waals surface area contributed by atoms with Crippen molar-refractivity contribution in [3.63, 3.8) is 0 Å². The highest BCUT2D eigenvalue weighted by Gasteiger charge is 2.55. The molecule has 0 unspecified atom stereocenters. The van der Waals surface area contributed by atoms with Gasteiger partial charge in [0.2, 0.25) is 0 Å². The molecule has 0 saturated heterocycles. The minimum Gasteiger partial charge on any atom is -0.423 e. The first kappa shape index (κ1) is 19.4. The molecular weight excluding hydrogens is 409 g/mol. The van der Waals surface area contributed by atoms with Gasteiger partial charge in [0.1, 0.15) is 22.7 Å². The second-order valence-corrected chi connectivity index (χ2v) is 8.99. The van der Waals surface area contributed by atoms with Crippen LogP contribution in [0.5, 0.6) is 0 Å². The monoisotopic (exact) mass is 431 g/mol. The Balaban J connectivity index is 1.32. The van der Waals surface area contributed by atoms with E-state index in [0.29, 0.717) is 35.2 Å². The topological polar surface area (TPSA) is 81.2 Å². The molecule has 0 bridgehead atoms. The van der Waals surface area contributed by atoms with Crippen LogP contribution in [0.15, 0.2) is 63.9 Å². The summed E-state index contributed by atoms with van der Waals surface area (Å²) >= 11 is 0. The number of halogens is 1. The molecule has 0 aliphatic heterocycles. The summed E-state index contributed by atoms with van der Waals surface area (Å²) in [4.78, 5) is 12.2. The number of benzene rings is 2. The van der Waals surface area contributed by atoms with Crippen LogP contribution in [0.4, 0.5) is 4.39 Å². The van der Waals surface area contributed by atoms with Crippen LogP contribution < -0.4 is 5.63 Å². The summed E-state index contributed by atoms with van der Waals surface area (Å²) < 4.78 is 20.5. The summed E-state index contributed by atoms with van der Waals surface area (Å²) in [6, 6.07) is 13.1. The molecule has 2 heterocycles. The van der Waals surface area contributed by atoms with Gasteiger partial charge in [0.15, 0.2) is 0 Å². The number of fused-ring (bicyclic) bond motifs is 1. The molecule has 0 spiro atoms. The summed E-state index contributed by atoms with van der Waals surface area (Å²) in [5.74, 6) is 0.255. The molecule has 2 aromatic carbocycles. The van der Waals surface area contributed by atoms with Gasteiger partial charge in [-0.25, -0.2) is 13.9 Å².